The van der Waals surface area contributed by atoms with Crippen LogP contribution in [0.3, 0.4) is 0 Å². The van der Waals surface area contributed by atoms with Gasteiger partial charge < -0.3 is 10.1 Å². The van der Waals surface area contributed by atoms with Crippen molar-refractivity contribution in [3.05, 3.63) is 17.0 Å². The minimum absolute atomic E-state index is 0.110. The number of hydrogen-bond donors (Lipinski definition) is 1. The van der Waals surface area contributed by atoms with Crippen LogP contribution in [0, 0.1) is 19.8 Å². The lowest BCUT2D eigenvalue weighted by Gasteiger charge is -2.39. The van der Waals surface area contributed by atoms with Crippen LogP contribution in [0.4, 0.5) is 0 Å². The molecular formula is C19H32N4O2. The Balaban J connectivity index is 1.55. The van der Waals surface area contributed by atoms with E-state index in [1.165, 1.54) is 0 Å². The molecule has 0 bridgehead atoms. The molecule has 140 valence electrons. The fourth-order valence-electron chi connectivity index (χ4n) is 4.22. The summed E-state index contributed by atoms with van der Waals surface area (Å²) < 4.78 is 7.48. The lowest BCUT2D eigenvalue weighted by atomic mass is 9.94. The number of likely N-dealkylation sites (tertiary alicyclic amines) is 1. The predicted octanol–water partition coefficient (Wildman–Crippen LogP) is 2.03. The largest absolute Gasteiger partial charge is 0.381 e. The molecule has 3 rings (SSSR count). The highest BCUT2D eigenvalue weighted by Crippen LogP contribution is 2.23. The second-order valence-electron chi connectivity index (χ2n) is 7.36. The van der Waals surface area contributed by atoms with Gasteiger partial charge in [0.05, 0.1) is 11.6 Å². The number of carbonyl (C=O) groups excluding carboxylic acids is 1. The molecule has 6 heteroatoms. The summed E-state index contributed by atoms with van der Waals surface area (Å²) >= 11 is 0. The number of aryl methyl sites for hydroxylation is 2. The van der Waals surface area contributed by atoms with E-state index in [0.717, 1.165) is 75.5 Å². The zero-order chi connectivity index (χ0) is 17.8. The van der Waals surface area contributed by atoms with Crippen LogP contribution in [0.1, 0.15) is 49.6 Å². The Morgan fingerprint density at radius 2 is 2.04 bits per heavy atom. The van der Waals surface area contributed by atoms with Crippen molar-refractivity contribution in [2.45, 2.75) is 65.6 Å². The number of nitrogens with one attached hydrogen (secondary N) is 1. The third kappa shape index (κ3) is 4.23. The molecule has 2 aliphatic heterocycles. The average Bonchev–Trinajstić information content (AvgIpc) is 2.93. The first-order valence-corrected chi connectivity index (χ1v) is 9.72. The molecule has 1 aromatic heterocycles. The molecule has 6 nitrogen and oxygen atoms in total. The van der Waals surface area contributed by atoms with Crippen molar-refractivity contribution in [1.82, 2.24) is 20.0 Å². The van der Waals surface area contributed by atoms with Crippen LogP contribution in [0.25, 0.3) is 0 Å². The van der Waals surface area contributed by atoms with E-state index in [1.54, 1.807) is 0 Å². The maximum Gasteiger partial charge on any atom is 0.224 e. The number of piperidine rings is 1. The smallest absolute Gasteiger partial charge is 0.224 e. The fraction of sp³-hybridized carbons (Fsp3) is 0.789. The van der Waals surface area contributed by atoms with Crippen molar-refractivity contribution in [2.24, 2.45) is 5.92 Å². The quantitative estimate of drug-likeness (QED) is 0.884. The Labute approximate surface area is 150 Å². The third-order valence-electron chi connectivity index (χ3n) is 5.80. The van der Waals surface area contributed by atoms with Crippen molar-refractivity contribution >= 4 is 5.91 Å². The standard InChI is InChI=1S/C19H32N4O2/c1-4-23-15(3)18(14(2)21-23)12-20-19(24)16-6-5-9-22(13-16)17-7-10-25-11-8-17/h16-17H,4-13H2,1-3H3,(H,20,24)/t16-/m1/s1. The van der Waals surface area contributed by atoms with Gasteiger partial charge in [0, 0.05) is 50.1 Å². The van der Waals surface area contributed by atoms with E-state index in [4.69, 9.17) is 4.74 Å². The SMILES string of the molecule is CCn1nc(C)c(CNC(=O)[C@@H]2CCCN(C3CCOCC3)C2)c1C. The molecule has 0 aromatic carbocycles. The number of rotatable bonds is 5. The van der Waals surface area contributed by atoms with Crippen molar-refractivity contribution in [3.63, 3.8) is 0 Å². The summed E-state index contributed by atoms with van der Waals surface area (Å²) in [7, 11) is 0. The zero-order valence-electron chi connectivity index (χ0n) is 15.9. The van der Waals surface area contributed by atoms with E-state index in [9.17, 15) is 4.79 Å². The molecule has 25 heavy (non-hydrogen) atoms. The van der Waals surface area contributed by atoms with Gasteiger partial charge in [-0.3, -0.25) is 14.4 Å². The second kappa shape index (κ2) is 8.32. The van der Waals surface area contributed by atoms with E-state index in [1.807, 2.05) is 11.6 Å². The average molecular weight is 348 g/mol. The zero-order valence-corrected chi connectivity index (χ0v) is 15.9. The van der Waals surface area contributed by atoms with Crippen molar-refractivity contribution in [2.75, 3.05) is 26.3 Å². The molecule has 1 aromatic rings. The fourth-order valence-corrected chi connectivity index (χ4v) is 4.22. The second-order valence-corrected chi connectivity index (χ2v) is 7.36. The Kier molecular flexibility index (Phi) is 6.12. The summed E-state index contributed by atoms with van der Waals surface area (Å²) in [6.45, 7) is 11.4. The van der Waals surface area contributed by atoms with Gasteiger partial charge in [0.25, 0.3) is 0 Å². The molecule has 0 radical (unpaired) electrons. The van der Waals surface area contributed by atoms with Crippen LogP contribution >= 0.6 is 0 Å². The summed E-state index contributed by atoms with van der Waals surface area (Å²) in [6.07, 6.45) is 4.31. The number of amides is 1. The van der Waals surface area contributed by atoms with Gasteiger partial charge in [-0.15, -0.1) is 0 Å². The van der Waals surface area contributed by atoms with E-state index >= 15 is 0 Å². The molecule has 0 unspecified atom stereocenters. The van der Waals surface area contributed by atoms with Crippen LogP contribution in [-0.2, 0) is 22.6 Å². The highest BCUT2D eigenvalue weighted by molar-refractivity contribution is 5.79. The summed E-state index contributed by atoms with van der Waals surface area (Å²) in [4.78, 5) is 15.2. The van der Waals surface area contributed by atoms with Gasteiger partial charge in [-0.1, -0.05) is 0 Å². The Morgan fingerprint density at radius 3 is 2.72 bits per heavy atom. The van der Waals surface area contributed by atoms with E-state index in [2.05, 4.69) is 29.2 Å². The number of hydrogen-bond acceptors (Lipinski definition) is 4. The molecule has 0 spiro atoms. The van der Waals surface area contributed by atoms with Gasteiger partial charge in [-0.2, -0.15) is 5.10 Å². The summed E-state index contributed by atoms with van der Waals surface area (Å²) in [6, 6.07) is 0.594. The lowest BCUT2D eigenvalue weighted by molar-refractivity contribution is -0.127. The molecule has 2 saturated heterocycles. The van der Waals surface area contributed by atoms with Crippen molar-refractivity contribution in [3.8, 4) is 0 Å². The molecule has 2 aliphatic rings. The van der Waals surface area contributed by atoms with Crippen molar-refractivity contribution < 1.29 is 9.53 Å². The van der Waals surface area contributed by atoms with Gasteiger partial charge in [-0.25, -0.2) is 0 Å². The molecule has 0 saturated carbocycles. The Bertz CT molecular complexity index is 592. The number of nitrogens with zero attached hydrogens (tertiary/aromatic N) is 3. The molecular weight excluding hydrogens is 316 g/mol. The van der Waals surface area contributed by atoms with Crippen LogP contribution in [0.5, 0.6) is 0 Å². The normalized spacial score (nSPS) is 22.9. The van der Waals surface area contributed by atoms with Gasteiger partial charge in [0.15, 0.2) is 0 Å². The van der Waals surface area contributed by atoms with Gasteiger partial charge in [-0.05, 0) is 53.0 Å². The first kappa shape index (κ1) is 18.4. The molecule has 1 N–H and O–H groups in total. The maximum atomic E-state index is 12.7. The summed E-state index contributed by atoms with van der Waals surface area (Å²) in [5.41, 5.74) is 3.34. The van der Waals surface area contributed by atoms with E-state index < -0.39 is 0 Å². The van der Waals surface area contributed by atoms with Crippen molar-refractivity contribution in [1.29, 1.82) is 0 Å². The summed E-state index contributed by atoms with van der Waals surface area (Å²) in [5, 5.41) is 7.71. The molecule has 0 aliphatic carbocycles. The highest BCUT2D eigenvalue weighted by Gasteiger charge is 2.30. The van der Waals surface area contributed by atoms with Gasteiger partial charge in [0.2, 0.25) is 5.91 Å². The third-order valence-corrected chi connectivity index (χ3v) is 5.80. The summed E-state index contributed by atoms with van der Waals surface area (Å²) in [5.74, 6) is 0.304. The maximum absolute atomic E-state index is 12.7. The minimum Gasteiger partial charge on any atom is -0.381 e. The first-order valence-electron chi connectivity index (χ1n) is 9.72. The number of aromatic nitrogens is 2. The van der Waals surface area contributed by atoms with Crippen LogP contribution in [0.2, 0.25) is 0 Å². The van der Waals surface area contributed by atoms with E-state index in [-0.39, 0.29) is 11.8 Å². The topological polar surface area (TPSA) is 59.4 Å². The monoisotopic (exact) mass is 348 g/mol. The van der Waals surface area contributed by atoms with E-state index in [0.29, 0.717) is 12.6 Å². The van der Waals surface area contributed by atoms with Crippen LogP contribution < -0.4 is 5.32 Å². The molecule has 1 atom stereocenters. The number of carbonyl (C=O) groups is 1. The van der Waals surface area contributed by atoms with Crippen LogP contribution in [0.15, 0.2) is 0 Å². The van der Waals surface area contributed by atoms with Crippen LogP contribution in [-0.4, -0.2) is 52.9 Å². The molecule has 2 fully saturated rings. The molecule has 1 amide bonds. The van der Waals surface area contributed by atoms with Gasteiger partial charge >= 0.3 is 0 Å². The highest BCUT2D eigenvalue weighted by atomic mass is 16.5. The Hall–Kier alpha value is -1.40. The minimum atomic E-state index is 0.110. The first-order chi connectivity index (χ1) is 12.1. The predicted molar refractivity (Wildman–Crippen MR) is 97.4 cm³/mol. The molecule has 3 heterocycles. The Morgan fingerprint density at radius 1 is 1.28 bits per heavy atom. The lowest BCUT2D eigenvalue weighted by Crippen LogP contribution is -2.48. The number of ether oxygens (including phenoxy) is 1. The van der Waals surface area contributed by atoms with Gasteiger partial charge in [0.1, 0.15) is 0 Å².